The molecule has 0 fully saturated rings. The molecule has 1 aromatic rings. The minimum Gasteiger partial charge on any atom is -0.494 e. The topological polar surface area (TPSA) is 90.7 Å². The molecule has 1 amide bonds. The number of ether oxygens (including phenoxy) is 2. The molecule has 0 aliphatic rings. The average Bonchev–Trinajstić information content (AvgIpc) is 2.58. The molecule has 0 aliphatic carbocycles. The van der Waals surface area contributed by atoms with Crippen LogP contribution in [0.1, 0.15) is 33.1 Å². The van der Waals surface area contributed by atoms with Gasteiger partial charge in [0.05, 0.1) is 19.8 Å². The van der Waals surface area contributed by atoms with Crippen molar-refractivity contribution in [2.24, 2.45) is 11.7 Å². The van der Waals surface area contributed by atoms with Gasteiger partial charge in [0, 0.05) is 12.1 Å². The summed E-state index contributed by atoms with van der Waals surface area (Å²) in [6, 6.07) is 6.54. The van der Waals surface area contributed by atoms with Crippen LogP contribution in [0.5, 0.6) is 5.75 Å². The number of carbonyl (C=O) groups excluding carboxylic acids is 2. The van der Waals surface area contributed by atoms with Crippen molar-refractivity contribution in [3.63, 3.8) is 0 Å². The highest BCUT2D eigenvalue weighted by Gasteiger charge is 2.19. The molecule has 0 spiro atoms. The summed E-state index contributed by atoms with van der Waals surface area (Å²) in [5.41, 5.74) is 6.57. The Kier molecular flexibility index (Phi) is 10.8. The molecule has 0 radical (unpaired) electrons. The summed E-state index contributed by atoms with van der Waals surface area (Å²) in [7, 11) is 1.36. The molecule has 2 unspecified atom stereocenters. The van der Waals surface area contributed by atoms with Gasteiger partial charge in [-0.25, -0.2) is 0 Å². The van der Waals surface area contributed by atoms with Gasteiger partial charge in [0.1, 0.15) is 5.75 Å². The Balaban J connectivity index is 0.00000529. The fourth-order valence-electron chi connectivity index (χ4n) is 1.88. The molecule has 0 aliphatic heterocycles. The first-order chi connectivity index (χ1) is 11.0. The number of nitrogens with one attached hydrogen (secondary N) is 1. The van der Waals surface area contributed by atoms with Crippen LogP contribution < -0.4 is 15.8 Å². The van der Waals surface area contributed by atoms with Crippen molar-refractivity contribution >= 4 is 30.0 Å². The van der Waals surface area contributed by atoms with E-state index in [0.717, 1.165) is 6.42 Å². The van der Waals surface area contributed by atoms with Gasteiger partial charge in [-0.1, -0.05) is 20.3 Å². The third kappa shape index (κ3) is 7.66. The lowest BCUT2D eigenvalue weighted by Crippen LogP contribution is -2.40. The molecule has 1 aromatic carbocycles. The number of hydrogen-bond acceptors (Lipinski definition) is 5. The Morgan fingerprint density at radius 2 is 1.88 bits per heavy atom. The summed E-state index contributed by atoms with van der Waals surface area (Å²) in [5, 5.41) is 2.79. The van der Waals surface area contributed by atoms with Crippen molar-refractivity contribution < 1.29 is 19.1 Å². The van der Waals surface area contributed by atoms with Crippen molar-refractivity contribution in [1.82, 2.24) is 0 Å². The molecule has 0 saturated heterocycles. The molecule has 6 nitrogen and oxygen atoms in total. The Hall–Kier alpha value is -1.79. The van der Waals surface area contributed by atoms with Crippen LogP contribution in [0.3, 0.4) is 0 Å². The van der Waals surface area contributed by atoms with E-state index in [2.05, 4.69) is 10.1 Å². The summed E-state index contributed by atoms with van der Waals surface area (Å²) in [4.78, 5) is 23.0. The number of rotatable bonds is 9. The lowest BCUT2D eigenvalue weighted by atomic mass is 9.99. The Labute approximate surface area is 149 Å². The fraction of sp³-hybridized carbons (Fsp3) is 0.529. The average molecular weight is 359 g/mol. The number of halogens is 1. The van der Waals surface area contributed by atoms with Crippen molar-refractivity contribution in [2.45, 2.75) is 39.2 Å². The number of benzene rings is 1. The molecule has 7 heteroatoms. The van der Waals surface area contributed by atoms with Gasteiger partial charge < -0.3 is 20.5 Å². The Morgan fingerprint density at radius 3 is 2.42 bits per heavy atom. The van der Waals surface area contributed by atoms with Crippen LogP contribution in [0.25, 0.3) is 0 Å². The lowest BCUT2D eigenvalue weighted by molar-refractivity contribution is -0.140. The molecule has 0 aromatic heterocycles. The zero-order valence-electron chi connectivity index (χ0n) is 14.4. The van der Waals surface area contributed by atoms with Gasteiger partial charge in [0.25, 0.3) is 0 Å². The van der Waals surface area contributed by atoms with Crippen molar-refractivity contribution in [3.8, 4) is 5.75 Å². The van der Waals surface area contributed by atoms with Crippen LogP contribution in [0, 0.1) is 5.92 Å². The van der Waals surface area contributed by atoms with Crippen molar-refractivity contribution in [1.29, 1.82) is 0 Å². The quantitative estimate of drug-likeness (QED) is 0.523. The maximum Gasteiger partial charge on any atom is 0.305 e. The van der Waals surface area contributed by atoms with Crippen LogP contribution in [-0.4, -0.2) is 31.6 Å². The van der Waals surface area contributed by atoms with E-state index in [9.17, 15) is 9.59 Å². The minimum absolute atomic E-state index is 0. The van der Waals surface area contributed by atoms with Crippen LogP contribution in [0.4, 0.5) is 5.69 Å². The molecule has 0 saturated carbocycles. The van der Waals surface area contributed by atoms with Crippen LogP contribution >= 0.6 is 12.4 Å². The van der Waals surface area contributed by atoms with Gasteiger partial charge in [-0.15, -0.1) is 12.4 Å². The third-order valence-electron chi connectivity index (χ3n) is 3.70. The number of hydrogen-bond donors (Lipinski definition) is 2. The Bertz CT molecular complexity index is 508. The zero-order chi connectivity index (χ0) is 17.2. The maximum absolute atomic E-state index is 12.0. The van der Waals surface area contributed by atoms with Crippen LogP contribution in [0.15, 0.2) is 24.3 Å². The maximum atomic E-state index is 12.0. The van der Waals surface area contributed by atoms with Crippen LogP contribution in [-0.2, 0) is 14.3 Å². The molecule has 3 N–H and O–H groups in total. The first kappa shape index (κ1) is 22.2. The smallest absolute Gasteiger partial charge is 0.305 e. The van der Waals surface area contributed by atoms with E-state index in [1.807, 2.05) is 13.8 Å². The molecular formula is C17H27ClN2O4. The van der Waals surface area contributed by atoms with Crippen molar-refractivity contribution in [3.05, 3.63) is 24.3 Å². The largest absolute Gasteiger partial charge is 0.494 e. The first-order valence-corrected chi connectivity index (χ1v) is 7.84. The number of carbonyl (C=O) groups is 2. The molecule has 24 heavy (non-hydrogen) atoms. The van der Waals surface area contributed by atoms with E-state index >= 15 is 0 Å². The number of anilines is 1. The van der Waals surface area contributed by atoms with E-state index in [1.165, 1.54) is 7.11 Å². The molecule has 0 heterocycles. The Morgan fingerprint density at radius 1 is 1.25 bits per heavy atom. The van der Waals surface area contributed by atoms with E-state index < -0.39 is 6.04 Å². The predicted octanol–water partition coefficient (Wildman–Crippen LogP) is 2.75. The van der Waals surface area contributed by atoms with Gasteiger partial charge in [-0.2, -0.15) is 0 Å². The number of nitrogens with two attached hydrogens (primary N) is 1. The number of methoxy groups -OCH3 is 1. The SMILES string of the molecule is CCC(C)C(N)C(=O)Nc1ccc(OCCCC(=O)OC)cc1.Cl. The second kappa shape index (κ2) is 11.7. The first-order valence-electron chi connectivity index (χ1n) is 7.84. The second-order valence-corrected chi connectivity index (χ2v) is 5.45. The lowest BCUT2D eigenvalue weighted by Gasteiger charge is -2.17. The van der Waals surface area contributed by atoms with E-state index in [4.69, 9.17) is 10.5 Å². The summed E-state index contributed by atoms with van der Waals surface area (Å²) >= 11 is 0. The summed E-state index contributed by atoms with van der Waals surface area (Å²) in [6.07, 6.45) is 1.78. The standard InChI is InChI=1S/C17H26N2O4.ClH/c1-4-12(2)16(18)17(21)19-13-7-9-14(10-8-13)23-11-5-6-15(20)22-3;/h7-10,12,16H,4-6,11,18H2,1-3H3,(H,19,21);1H. The monoisotopic (exact) mass is 358 g/mol. The van der Waals surface area contributed by atoms with Crippen LogP contribution in [0.2, 0.25) is 0 Å². The van der Waals surface area contributed by atoms with Gasteiger partial charge >= 0.3 is 5.97 Å². The highest BCUT2D eigenvalue weighted by Crippen LogP contribution is 2.17. The highest BCUT2D eigenvalue weighted by atomic mass is 35.5. The highest BCUT2D eigenvalue weighted by molar-refractivity contribution is 5.94. The summed E-state index contributed by atoms with van der Waals surface area (Å²) < 4.78 is 10.1. The molecular weight excluding hydrogens is 332 g/mol. The minimum atomic E-state index is -0.519. The number of amides is 1. The normalized spacial score (nSPS) is 12.5. The molecule has 1 rings (SSSR count). The van der Waals surface area contributed by atoms with Gasteiger partial charge in [-0.05, 0) is 36.6 Å². The van der Waals surface area contributed by atoms with Gasteiger partial charge in [0.2, 0.25) is 5.91 Å². The third-order valence-corrected chi connectivity index (χ3v) is 3.70. The molecule has 136 valence electrons. The zero-order valence-corrected chi connectivity index (χ0v) is 15.2. The predicted molar refractivity (Wildman–Crippen MR) is 96.5 cm³/mol. The van der Waals surface area contributed by atoms with Gasteiger partial charge in [-0.3, -0.25) is 9.59 Å². The fourth-order valence-corrected chi connectivity index (χ4v) is 1.88. The van der Waals surface area contributed by atoms with E-state index in [-0.39, 0.29) is 30.2 Å². The molecule has 0 bridgehead atoms. The van der Waals surface area contributed by atoms with E-state index in [1.54, 1.807) is 24.3 Å². The summed E-state index contributed by atoms with van der Waals surface area (Å²) in [5.74, 6) is 0.377. The number of esters is 1. The molecule has 2 atom stereocenters. The second-order valence-electron chi connectivity index (χ2n) is 5.45. The van der Waals surface area contributed by atoms with Gasteiger partial charge in [0.15, 0.2) is 0 Å². The van der Waals surface area contributed by atoms with E-state index in [0.29, 0.717) is 30.9 Å². The van der Waals surface area contributed by atoms with Crippen molar-refractivity contribution in [2.75, 3.05) is 19.0 Å². The summed E-state index contributed by atoms with van der Waals surface area (Å²) in [6.45, 7) is 4.39.